The van der Waals surface area contributed by atoms with E-state index in [0.29, 0.717) is 28.4 Å². The second-order valence-corrected chi connectivity index (χ2v) is 9.05. The van der Waals surface area contributed by atoms with Gasteiger partial charge in [-0.2, -0.15) is 0 Å². The Morgan fingerprint density at radius 3 is 2.96 bits per heavy atom. The highest BCUT2D eigenvalue weighted by atomic mass is 35.5. The van der Waals surface area contributed by atoms with E-state index in [2.05, 4.69) is 9.62 Å². The Bertz CT molecular complexity index is 728. The van der Waals surface area contributed by atoms with Gasteiger partial charge in [0, 0.05) is 13.1 Å². The molecular formula is C15H19ClN2O3S2. The van der Waals surface area contributed by atoms with Gasteiger partial charge in [-0.1, -0.05) is 6.07 Å². The molecule has 1 N–H and O–H groups in total. The molecule has 2 aromatic rings. The summed E-state index contributed by atoms with van der Waals surface area (Å²) < 4.78 is 32.8. The van der Waals surface area contributed by atoms with Gasteiger partial charge in [0.05, 0.1) is 6.54 Å². The molecule has 3 rings (SSSR count). The monoisotopic (exact) mass is 374 g/mol. The minimum atomic E-state index is -3.38. The van der Waals surface area contributed by atoms with Gasteiger partial charge in [0.15, 0.2) is 5.22 Å². The van der Waals surface area contributed by atoms with Gasteiger partial charge in [0.2, 0.25) is 10.0 Å². The van der Waals surface area contributed by atoms with Crippen LogP contribution >= 0.6 is 22.9 Å². The van der Waals surface area contributed by atoms with Crippen LogP contribution in [0.3, 0.4) is 0 Å². The standard InChI is InChI=1S/C15H19ClN2O3S2/c16-14-6-5-13(21-14)11-18-7-1-3-12(10-18)9-17-23(19,20)15-4-2-8-22-15/h2,4-6,8,12,17H,1,3,7,9-11H2/t12-/m1/s1. The number of piperidine rings is 1. The molecule has 3 heterocycles. The SMILES string of the molecule is O=S(=O)(NC[C@H]1CCCN(Cc2ccc(Cl)o2)C1)c1cccs1. The second kappa shape index (κ2) is 7.36. The summed E-state index contributed by atoms with van der Waals surface area (Å²) in [7, 11) is -3.38. The van der Waals surface area contributed by atoms with Gasteiger partial charge in [-0.3, -0.25) is 4.90 Å². The average Bonchev–Trinajstić information content (AvgIpc) is 3.18. The van der Waals surface area contributed by atoms with Gasteiger partial charge in [0.25, 0.3) is 0 Å². The summed E-state index contributed by atoms with van der Waals surface area (Å²) >= 11 is 7.03. The molecule has 8 heteroatoms. The van der Waals surface area contributed by atoms with Crippen LogP contribution in [0.2, 0.25) is 5.22 Å². The molecule has 0 bridgehead atoms. The average molecular weight is 375 g/mol. The van der Waals surface area contributed by atoms with Crippen molar-refractivity contribution in [3.63, 3.8) is 0 Å². The maximum Gasteiger partial charge on any atom is 0.250 e. The molecule has 1 saturated heterocycles. The Kier molecular flexibility index (Phi) is 5.43. The van der Waals surface area contributed by atoms with Crippen molar-refractivity contribution in [3.05, 3.63) is 40.6 Å². The molecule has 2 aromatic heterocycles. The van der Waals surface area contributed by atoms with Crippen LogP contribution in [0.15, 0.2) is 38.3 Å². The molecule has 5 nitrogen and oxygen atoms in total. The number of likely N-dealkylation sites (tertiary alicyclic amines) is 1. The van der Waals surface area contributed by atoms with Crippen molar-refractivity contribution in [1.82, 2.24) is 9.62 Å². The highest BCUT2D eigenvalue weighted by Gasteiger charge is 2.23. The minimum absolute atomic E-state index is 0.309. The van der Waals surface area contributed by atoms with Gasteiger partial charge in [-0.25, -0.2) is 13.1 Å². The Balaban J connectivity index is 1.52. The second-order valence-electron chi connectivity index (χ2n) is 5.73. The normalized spacial score (nSPS) is 20.0. The van der Waals surface area contributed by atoms with Crippen LogP contribution in [0, 0.1) is 5.92 Å². The van der Waals surface area contributed by atoms with E-state index in [9.17, 15) is 8.42 Å². The van der Waals surface area contributed by atoms with Crippen LogP contribution in [-0.2, 0) is 16.6 Å². The van der Waals surface area contributed by atoms with Gasteiger partial charge < -0.3 is 4.42 Å². The van der Waals surface area contributed by atoms with E-state index in [1.54, 1.807) is 23.6 Å². The van der Waals surface area contributed by atoms with Crippen LogP contribution in [0.25, 0.3) is 0 Å². The van der Waals surface area contributed by atoms with Crippen molar-refractivity contribution >= 4 is 33.0 Å². The van der Waals surface area contributed by atoms with Gasteiger partial charge >= 0.3 is 0 Å². The summed E-state index contributed by atoms with van der Waals surface area (Å²) in [5.74, 6) is 1.15. The van der Waals surface area contributed by atoms with E-state index < -0.39 is 10.0 Å². The van der Waals surface area contributed by atoms with Crippen molar-refractivity contribution in [2.75, 3.05) is 19.6 Å². The zero-order valence-corrected chi connectivity index (χ0v) is 15.0. The number of thiophene rings is 1. The van der Waals surface area contributed by atoms with Crippen LogP contribution in [-0.4, -0.2) is 33.0 Å². The topological polar surface area (TPSA) is 62.6 Å². The lowest BCUT2D eigenvalue weighted by Crippen LogP contribution is -2.40. The zero-order chi connectivity index (χ0) is 16.3. The van der Waals surface area contributed by atoms with E-state index in [4.69, 9.17) is 16.0 Å². The molecular weight excluding hydrogens is 356 g/mol. The predicted octanol–water partition coefficient (Wildman–Crippen LogP) is 3.19. The molecule has 1 aliphatic heterocycles. The maximum absolute atomic E-state index is 12.2. The number of furan rings is 1. The first-order valence-electron chi connectivity index (χ1n) is 7.53. The van der Waals surface area contributed by atoms with Crippen molar-refractivity contribution in [3.8, 4) is 0 Å². The first-order valence-corrected chi connectivity index (χ1v) is 10.3. The molecule has 0 amide bonds. The third-order valence-corrected chi connectivity index (χ3v) is 6.96. The first-order chi connectivity index (χ1) is 11.0. The summed E-state index contributed by atoms with van der Waals surface area (Å²) in [6.45, 7) is 3.02. The van der Waals surface area contributed by atoms with Crippen LogP contribution in [0.1, 0.15) is 18.6 Å². The quantitative estimate of drug-likeness (QED) is 0.843. The predicted molar refractivity (Wildman–Crippen MR) is 91.2 cm³/mol. The Labute approximate surface area is 145 Å². The van der Waals surface area contributed by atoms with E-state index in [1.165, 1.54) is 11.3 Å². The van der Waals surface area contributed by atoms with E-state index >= 15 is 0 Å². The molecule has 23 heavy (non-hydrogen) atoms. The van der Waals surface area contributed by atoms with E-state index in [-0.39, 0.29) is 0 Å². The molecule has 0 unspecified atom stereocenters. The van der Waals surface area contributed by atoms with Gasteiger partial charge in [0.1, 0.15) is 9.97 Å². The Hall–Kier alpha value is -0.860. The lowest BCUT2D eigenvalue weighted by Gasteiger charge is -2.32. The fourth-order valence-corrected chi connectivity index (χ4v) is 5.15. The first kappa shape index (κ1) is 17.0. The third-order valence-electron chi connectivity index (χ3n) is 3.93. The molecule has 0 aromatic carbocycles. The molecule has 1 aliphatic rings. The number of nitrogens with zero attached hydrogens (tertiary/aromatic N) is 1. The summed E-state index contributed by atoms with van der Waals surface area (Å²) in [4.78, 5) is 2.28. The largest absolute Gasteiger partial charge is 0.448 e. The van der Waals surface area contributed by atoms with Crippen LogP contribution in [0.5, 0.6) is 0 Å². The van der Waals surface area contributed by atoms with Crippen LogP contribution < -0.4 is 4.72 Å². The Morgan fingerprint density at radius 2 is 2.26 bits per heavy atom. The maximum atomic E-state index is 12.2. The van der Waals surface area contributed by atoms with Crippen molar-refractivity contribution < 1.29 is 12.8 Å². The third kappa shape index (κ3) is 4.58. The lowest BCUT2D eigenvalue weighted by atomic mass is 9.98. The van der Waals surface area contributed by atoms with Gasteiger partial charge in [-0.15, -0.1) is 11.3 Å². The summed E-state index contributed by atoms with van der Waals surface area (Å²) in [5.41, 5.74) is 0. The number of hydrogen-bond acceptors (Lipinski definition) is 5. The smallest absolute Gasteiger partial charge is 0.250 e. The molecule has 1 atom stereocenters. The van der Waals surface area contributed by atoms with Crippen molar-refractivity contribution in [2.24, 2.45) is 5.92 Å². The summed E-state index contributed by atoms with van der Waals surface area (Å²) in [5, 5.41) is 2.17. The Morgan fingerprint density at radius 1 is 1.39 bits per heavy atom. The van der Waals surface area contributed by atoms with E-state index in [0.717, 1.165) is 31.7 Å². The highest BCUT2D eigenvalue weighted by molar-refractivity contribution is 7.91. The molecule has 0 spiro atoms. The zero-order valence-electron chi connectivity index (χ0n) is 12.6. The van der Waals surface area contributed by atoms with Gasteiger partial charge in [-0.05, 0) is 60.5 Å². The number of sulfonamides is 1. The molecule has 0 aliphatic carbocycles. The molecule has 126 valence electrons. The molecule has 0 radical (unpaired) electrons. The number of nitrogens with one attached hydrogen (secondary N) is 1. The molecule has 1 fully saturated rings. The van der Waals surface area contributed by atoms with E-state index in [1.807, 2.05) is 6.07 Å². The fraction of sp³-hybridized carbons (Fsp3) is 0.467. The summed E-state index contributed by atoms with van der Waals surface area (Å²) in [6.07, 6.45) is 2.09. The minimum Gasteiger partial charge on any atom is -0.448 e. The lowest BCUT2D eigenvalue weighted by molar-refractivity contribution is 0.158. The fourth-order valence-electron chi connectivity index (χ4n) is 2.83. The molecule has 0 saturated carbocycles. The summed E-state index contributed by atoms with van der Waals surface area (Å²) in [6, 6.07) is 7.00. The number of rotatable bonds is 6. The number of halogens is 1. The van der Waals surface area contributed by atoms with Crippen molar-refractivity contribution in [2.45, 2.75) is 23.6 Å². The van der Waals surface area contributed by atoms with Crippen LogP contribution in [0.4, 0.5) is 0 Å². The highest BCUT2D eigenvalue weighted by Crippen LogP contribution is 2.21. The number of hydrogen-bond donors (Lipinski definition) is 1. The van der Waals surface area contributed by atoms with Crippen molar-refractivity contribution in [1.29, 1.82) is 0 Å².